The maximum absolute atomic E-state index is 12.3. The Morgan fingerprint density at radius 2 is 1.90 bits per heavy atom. The molecule has 102 valence electrons. The fourth-order valence-electron chi connectivity index (χ4n) is 1.76. The van der Waals surface area contributed by atoms with Gasteiger partial charge in [-0.25, -0.2) is 8.42 Å². The summed E-state index contributed by atoms with van der Waals surface area (Å²) < 4.78 is 27.9. The van der Waals surface area contributed by atoms with Crippen LogP contribution in [0.4, 0.5) is 5.69 Å². The number of hydrogen-bond acceptors (Lipinski definition) is 3. The van der Waals surface area contributed by atoms with E-state index in [1.807, 2.05) is 6.07 Å². The van der Waals surface area contributed by atoms with Gasteiger partial charge in [-0.2, -0.15) is 5.26 Å². The third-order valence-electron chi connectivity index (χ3n) is 2.73. The molecular formula is C14H11BrN2O2S. The molecule has 0 fully saturated rings. The first-order valence-electron chi connectivity index (χ1n) is 5.72. The quantitative estimate of drug-likeness (QED) is 0.921. The molecule has 0 spiro atoms. The van der Waals surface area contributed by atoms with Crippen molar-refractivity contribution in [2.45, 2.75) is 11.8 Å². The molecule has 0 heterocycles. The number of halogens is 1. The third-order valence-corrected chi connectivity index (χ3v) is 4.75. The Morgan fingerprint density at radius 1 is 1.20 bits per heavy atom. The lowest BCUT2D eigenvalue weighted by molar-refractivity contribution is 0.600. The molecule has 1 N–H and O–H groups in total. The summed E-state index contributed by atoms with van der Waals surface area (Å²) in [6.45, 7) is 1.72. The van der Waals surface area contributed by atoms with E-state index >= 15 is 0 Å². The molecule has 20 heavy (non-hydrogen) atoms. The van der Waals surface area contributed by atoms with Gasteiger partial charge in [0.2, 0.25) is 0 Å². The van der Waals surface area contributed by atoms with Gasteiger partial charge in [0.05, 0.1) is 16.1 Å². The molecule has 0 saturated carbocycles. The minimum Gasteiger partial charge on any atom is -0.278 e. The molecular weight excluding hydrogens is 340 g/mol. The Hall–Kier alpha value is -1.84. The van der Waals surface area contributed by atoms with Crippen LogP contribution in [-0.2, 0) is 10.0 Å². The van der Waals surface area contributed by atoms with Crippen LogP contribution in [0.1, 0.15) is 11.1 Å². The zero-order valence-electron chi connectivity index (χ0n) is 10.6. The topological polar surface area (TPSA) is 70.0 Å². The maximum Gasteiger partial charge on any atom is 0.262 e. The predicted molar refractivity (Wildman–Crippen MR) is 80.8 cm³/mol. The highest BCUT2D eigenvalue weighted by atomic mass is 79.9. The number of nitrogens with one attached hydrogen (secondary N) is 1. The van der Waals surface area contributed by atoms with Gasteiger partial charge in [0, 0.05) is 4.47 Å². The smallest absolute Gasteiger partial charge is 0.262 e. The highest BCUT2D eigenvalue weighted by Crippen LogP contribution is 2.24. The largest absolute Gasteiger partial charge is 0.278 e. The molecule has 0 aliphatic rings. The number of hydrogen-bond donors (Lipinski definition) is 1. The normalized spacial score (nSPS) is 10.8. The minimum absolute atomic E-state index is 0.201. The standard InChI is InChI=1S/C14H11BrN2O2S/c1-10-4-2-3-5-14(10)20(18,19)17-13-7-6-12(15)8-11(13)9-16/h2-8,17H,1H3. The van der Waals surface area contributed by atoms with Crippen molar-refractivity contribution in [1.82, 2.24) is 0 Å². The van der Waals surface area contributed by atoms with Crippen molar-refractivity contribution in [3.63, 3.8) is 0 Å². The Morgan fingerprint density at radius 3 is 2.55 bits per heavy atom. The summed E-state index contributed by atoms with van der Waals surface area (Å²) in [6.07, 6.45) is 0. The van der Waals surface area contributed by atoms with E-state index in [-0.39, 0.29) is 16.1 Å². The Balaban J connectivity index is 2.45. The summed E-state index contributed by atoms with van der Waals surface area (Å²) >= 11 is 3.24. The van der Waals surface area contributed by atoms with Gasteiger partial charge in [-0.05, 0) is 36.8 Å². The summed E-state index contributed by atoms with van der Waals surface area (Å²) in [7, 11) is -3.71. The van der Waals surface area contributed by atoms with Gasteiger partial charge in [-0.1, -0.05) is 34.1 Å². The minimum atomic E-state index is -3.71. The van der Waals surface area contributed by atoms with Crippen LogP contribution in [0.5, 0.6) is 0 Å². The molecule has 0 unspecified atom stereocenters. The van der Waals surface area contributed by atoms with Crippen LogP contribution in [0.15, 0.2) is 51.8 Å². The van der Waals surface area contributed by atoms with Gasteiger partial charge in [0.1, 0.15) is 6.07 Å². The predicted octanol–water partition coefficient (Wildman–Crippen LogP) is 3.43. The monoisotopic (exact) mass is 350 g/mol. The fraction of sp³-hybridized carbons (Fsp3) is 0.0714. The Kier molecular flexibility index (Phi) is 4.12. The van der Waals surface area contributed by atoms with E-state index in [1.54, 1.807) is 43.3 Å². The van der Waals surface area contributed by atoms with E-state index < -0.39 is 10.0 Å². The van der Waals surface area contributed by atoms with Crippen LogP contribution < -0.4 is 4.72 Å². The zero-order chi connectivity index (χ0) is 14.8. The van der Waals surface area contributed by atoms with E-state index in [9.17, 15) is 8.42 Å². The number of aryl methyl sites for hydroxylation is 1. The van der Waals surface area contributed by atoms with Gasteiger partial charge < -0.3 is 0 Å². The molecule has 0 atom stereocenters. The lowest BCUT2D eigenvalue weighted by Crippen LogP contribution is -2.15. The third kappa shape index (κ3) is 3.00. The number of anilines is 1. The average Bonchev–Trinajstić information content (AvgIpc) is 2.41. The number of nitrogens with zero attached hydrogens (tertiary/aromatic N) is 1. The van der Waals surface area contributed by atoms with Crippen LogP contribution in [0.3, 0.4) is 0 Å². The summed E-state index contributed by atoms with van der Waals surface area (Å²) in [5.41, 5.74) is 1.17. The molecule has 4 nitrogen and oxygen atoms in total. The van der Waals surface area contributed by atoms with Gasteiger partial charge in [0.25, 0.3) is 10.0 Å². The fourth-order valence-corrected chi connectivity index (χ4v) is 3.44. The number of rotatable bonds is 3. The molecule has 2 rings (SSSR count). The number of benzene rings is 2. The zero-order valence-corrected chi connectivity index (χ0v) is 13.0. The van der Waals surface area contributed by atoms with Gasteiger partial charge in [0.15, 0.2) is 0 Å². The summed E-state index contributed by atoms with van der Waals surface area (Å²) in [5, 5.41) is 9.06. The van der Waals surface area contributed by atoms with Crippen molar-refractivity contribution < 1.29 is 8.42 Å². The van der Waals surface area contributed by atoms with E-state index in [4.69, 9.17) is 5.26 Å². The second-order valence-corrected chi connectivity index (χ2v) is 6.74. The lowest BCUT2D eigenvalue weighted by Gasteiger charge is -2.11. The van der Waals surface area contributed by atoms with Crippen LogP contribution >= 0.6 is 15.9 Å². The molecule has 2 aromatic carbocycles. The van der Waals surface area contributed by atoms with E-state index in [2.05, 4.69) is 20.7 Å². The van der Waals surface area contributed by atoms with Crippen molar-refractivity contribution in [2.75, 3.05) is 4.72 Å². The van der Waals surface area contributed by atoms with E-state index in [0.29, 0.717) is 10.0 Å². The summed E-state index contributed by atoms with van der Waals surface area (Å²) in [4.78, 5) is 0.201. The molecule has 6 heteroatoms. The molecule has 0 amide bonds. The van der Waals surface area contributed by atoms with Gasteiger partial charge >= 0.3 is 0 Å². The average molecular weight is 351 g/mol. The molecule has 0 radical (unpaired) electrons. The van der Waals surface area contributed by atoms with Gasteiger partial charge in [-0.15, -0.1) is 0 Å². The summed E-state index contributed by atoms with van der Waals surface area (Å²) in [5.74, 6) is 0. The Bertz CT molecular complexity index is 795. The van der Waals surface area contributed by atoms with Crippen LogP contribution in [-0.4, -0.2) is 8.42 Å². The molecule has 0 aliphatic heterocycles. The van der Waals surface area contributed by atoms with E-state index in [1.165, 1.54) is 6.07 Å². The van der Waals surface area contributed by atoms with Crippen molar-refractivity contribution in [2.24, 2.45) is 0 Å². The molecule has 0 saturated heterocycles. The van der Waals surface area contributed by atoms with E-state index in [0.717, 1.165) is 0 Å². The summed E-state index contributed by atoms with van der Waals surface area (Å²) in [6, 6.07) is 13.5. The number of nitriles is 1. The molecule has 0 aliphatic carbocycles. The van der Waals surface area contributed by atoms with Crippen molar-refractivity contribution >= 4 is 31.6 Å². The molecule has 0 aromatic heterocycles. The highest BCUT2D eigenvalue weighted by Gasteiger charge is 2.17. The first kappa shape index (κ1) is 14.6. The van der Waals surface area contributed by atoms with Crippen LogP contribution in [0, 0.1) is 18.3 Å². The highest BCUT2D eigenvalue weighted by molar-refractivity contribution is 9.10. The number of sulfonamides is 1. The molecule has 2 aromatic rings. The van der Waals surface area contributed by atoms with Crippen molar-refractivity contribution in [3.05, 3.63) is 58.1 Å². The molecule has 0 bridgehead atoms. The van der Waals surface area contributed by atoms with Crippen molar-refractivity contribution in [3.8, 4) is 6.07 Å². The first-order valence-corrected chi connectivity index (χ1v) is 8.00. The maximum atomic E-state index is 12.3. The first-order chi connectivity index (χ1) is 9.44. The Labute approximate surface area is 126 Å². The van der Waals surface area contributed by atoms with Crippen LogP contribution in [0.2, 0.25) is 0 Å². The van der Waals surface area contributed by atoms with Crippen LogP contribution in [0.25, 0.3) is 0 Å². The van der Waals surface area contributed by atoms with Gasteiger partial charge in [-0.3, -0.25) is 4.72 Å². The second-order valence-electron chi connectivity index (χ2n) is 4.17. The van der Waals surface area contributed by atoms with Crippen molar-refractivity contribution in [1.29, 1.82) is 5.26 Å². The lowest BCUT2D eigenvalue weighted by atomic mass is 10.2. The SMILES string of the molecule is Cc1ccccc1S(=O)(=O)Nc1ccc(Br)cc1C#N. The second kappa shape index (κ2) is 5.65.